The predicted octanol–water partition coefficient (Wildman–Crippen LogP) is 2.29. The Balaban J connectivity index is 2.76. The van der Waals surface area contributed by atoms with Crippen LogP contribution in [0.3, 0.4) is 0 Å². The molecule has 0 fully saturated rings. The first-order valence-corrected chi connectivity index (χ1v) is 6.07. The number of terminal acetylenes is 1. The second kappa shape index (κ2) is 7.11. The highest BCUT2D eigenvalue weighted by Gasteiger charge is 2.15. The number of rotatable bonds is 6. The third kappa shape index (κ3) is 4.60. The second-order valence-corrected chi connectivity index (χ2v) is 4.61. The number of nitrogens with zero attached hydrogens (tertiary/aromatic N) is 1. The van der Waals surface area contributed by atoms with Crippen LogP contribution in [-0.4, -0.2) is 31.1 Å². The quantitative estimate of drug-likeness (QED) is 0.754. The molecule has 0 aromatic heterocycles. The van der Waals surface area contributed by atoms with E-state index in [1.165, 1.54) is 5.56 Å². The Morgan fingerprint density at radius 2 is 1.94 bits per heavy atom. The highest BCUT2D eigenvalue weighted by molar-refractivity contribution is 5.19. The van der Waals surface area contributed by atoms with Crippen molar-refractivity contribution in [3.63, 3.8) is 0 Å². The minimum atomic E-state index is 0.328. The van der Waals surface area contributed by atoms with Crippen LogP contribution in [0.25, 0.3) is 0 Å². The molecule has 1 unspecified atom stereocenters. The third-order valence-corrected chi connectivity index (χ3v) is 2.78. The molecule has 0 spiro atoms. The summed E-state index contributed by atoms with van der Waals surface area (Å²) in [5, 5.41) is 3.47. The smallest absolute Gasteiger partial charge is 0.0601 e. The van der Waals surface area contributed by atoms with Crippen molar-refractivity contribution in [2.75, 3.05) is 20.1 Å². The van der Waals surface area contributed by atoms with Crippen LogP contribution in [0.5, 0.6) is 0 Å². The van der Waals surface area contributed by atoms with Gasteiger partial charge >= 0.3 is 0 Å². The highest BCUT2D eigenvalue weighted by atomic mass is 15.1. The van der Waals surface area contributed by atoms with Crippen molar-refractivity contribution in [1.29, 1.82) is 0 Å². The number of benzene rings is 1. The predicted molar refractivity (Wildman–Crippen MR) is 73.8 cm³/mol. The standard InChI is InChI=1S/C15H22N2/c1-5-11-17(4)15(12-16-13(2)3)14-9-7-6-8-10-14/h1,6-10,13,15-16H,11-12H2,2-4H3. The molecule has 0 bridgehead atoms. The lowest BCUT2D eigenvalue weighted by molar-refractivity contribution is 0.261. The Morgan fingerprint density at radius 1 is 1.29 bits per heavy atom. The molecule has 0 aliphatic carbocycles. The maximum Gasteiger partial charge on any atom is 0.0601 e. The molecule has 2 heteroatoms. The van der Waals surface area contributed by atoms with Gasteiger partial charge in [0.25, 0.3) is 0 Å². The number of hydrogen-bond acceptors (Lipinski definition) is 2. The van der Waals surface area contributed by atoms with E-state index in [0.717, 1.165) is 6.54 Å². The van der Waals surface area contributed by atoms with Gasteiger partial charge in [-0.05, 0) is 12.6 Å². The average Bonchev–Trinajstić information content (AvgIpc) is 2.30. The molecule has 92 valence electrons. The fraction of sp³-hybridized carbons (Fsp3) is 0.467. The van der Waals surface area contributed by atoms with Crippen molar-refractivity contribution in [1.82, 2.24) is 10.2 Å². The summed E-state index contributed by atoms with van der Waals surface area (Å²) in [5.41, 5.74) is 1.30. The van der Waals surface area contributed by atoms with Gasteiger partial charge < -0.3 is 5.32 Å². The lowest BCUT2D eigenvalue weighted by Crippen LogP contribution is -2.36. The molecule has 1 rings (SSSR count). The number of hydrogen-bond donors (Lipinski definition) is 1. The minimum absolute atomic E-state index is 0.328. The Morgan fingerprint density at radius 3 is 2.47 bits per heavy atom. The van der Waals surface area contributed by atoms with Crippen molar-refractivity contribution in [2.24, 2.45) is 0 Å². The first kappa shape index (κ1) is 13.8. The molecule has 1 atom stereocenters. The van der Waals surface area contributed by atoms with E-state index < -0.39 is 0 Å². The first-order chi connectivity index (χ1) is 8.15. The van der Waals surface area contributed by atoms with E-state index in [9.17, 15) is 0 Å². The van der Waals surface area contributed by atoms with Crippen molar-refractivity contribution >= 4 is 0 Å². The molecule has 0 saturated heterocycles. The lowest BCUT2D eigenvalue weighted by Gasteiger charge is -2.28. The molecule has 1 N–H and O–H groups in total. The van der Waals surface area contributed by atoms with E-state index in [2.05, 4.69) is 61.3 Å². The van der Waals surface area contributed by atoms with Gasteiger partial charge in [0, 0.05) is 18.6 Å². The van der Waals surface area contributed by atoms with Gasteiger partial charge in [0.05, 0.1) is 6.54 Å². The zero-order valence-corrected chi connectivity index (χ0v) is 11.0. The molecule has 0 saturated carbocycles. The second-order valence-electron chi connectivity index (χ2n) is 4.61. The summed E-state index contributed by atoms with van der Waals surface area (Å²) in [7, 11) is 2.07. The van der Waals surface area contributed by atoms with Crippen LogP contribution in [0.4, 0.5) is 0 Å². The minimum Gasteiger partial charge on any atom is -0.313 e. The Hall–Kier alpha value is -1.30. The summed E-state index contributed by atoms with van der Waals surface area (Å²) in [5.74, 6) is 2.70. The molecular formula is C15H22N2. The number of likely N-dealkylation sites (N-methyl/N-ethyl adjacent to an activating group) is 1. The molecule has 0 aliphatic rings. The molecule has 0 radical (unpaired) electrons. The molecule has 1 aromatic rings. The SMILES string of the molecule is C#CCN(C)C(CNC(C)C)c1ccccc1. The van der Waals surface area contributed by atoms with Gasteiger partial charge in [-0.1, -0.05) is 50.1 Å². The van der Waals surface area contributed by atoms with E-state index >= 15 is 0 Å². The van der Waals surface area contributed by atoms with E-state index in [-0.39, 0.29) is 0 Å². The summed E-state index contributed by atoms with van der Waals surface area (Å²) in [4.78, 5) is 2.20. The van der Waals surface area contributed by atoms with Crippen LogP contribution in [0.2, 0.25) is 0 Å². The van der Waals surface area contributed by atoms with Gasteiger partial charge in [0.15, 0.2) is 0 Å². The van der Waals surface area contributed by atoms with Crippen molar-refractivity contribution in [2.45, 2.75) is 25.9 Å². The van der Waals surface area contributed by atoms with E-state index in [0.29, 0.717) is 18.6 Å². The van der Waals surface area contributed by atoms with E-state index in [1.807, 2.05) is 6.07 Å². The Bertz CT molecular complexity index is 351. The van der Waals surface area contributed by atoms with Crippen molar-refractivity contribution < 1.29 is 0 Å². The van der Waals surface area contributed by atoms with E-state index in [4.69, 9.17) is 6.42 Å². The van der Waals surface area contributed by atoms with Crippen LogP contribution in [0, 0.1) is 12.3 Å². The van der Waals surface area contributed by atoms with Crippen LogP contribution >= 0.6 is 0 Å². The average molecular weight is 230 g/mol. The van der Waals surface area contributed by atoms with Crippen LogP contribution in [0.1, 0.15) is 25.5 Å². The van der Waals surface area contributed by atoms with Gasteiger partial charge in [-0.15, -0.1) is 6.42 Å². The maximum atomic E-state index is 5.39. The molecule has 17 heavy (non-hydrogen) atoms. The Labute approximate surface area is 105 Å². The summed E-state index contributed by atoms with van der Waals surface area (Å²) >= 11 is 0. The highest BCUT2D eigenvalue weighted by Crippen LogP contribution is 2.18. The summed E-state index contributed by atoms with van der Waals surface area (Å²) in [6.07, 6.45) is 5.39. The summed E-state index contributed by atoms with van der Waals surface area (Å²) in [6.45, 7) is 5.89. The third-order valence-electron chi connectivity index (χ3n) is 2.78. The fourth-order valence-corrected chi connectivity index (χ4v) is 1.80. The van der Waals surface area contributed by atoms with Crippen LogP contribution in [-0.2, 0) is 0 Å². The maximum absolute atomic E-state index is 5.39. The molecule has 0 heterocycles. The lowest BCUT2D eigenvalue weighted by atomic mass is 10.1. The largest absolute Gasteiger partial charge is 0.313 e. The summed E-state index contributed by atoms with van der Waals surface area (Å²) < 4.78 is 0. The molecule has 0 aliphatic heterocycles. The van der Waals surface area contributed by atoms with Crippen LogP contribution in [0.15, 0.2) is 30.3 Å². The first-order valence-electron chi connectivity index (χ1n) is 6.07. The van der Waals surface area contributed by atoms with Gasteiger partial charge in [0.2, 0.25) is 0 Å². The van der Waals surface area contributed by atoms with Gasteiger partial charge in [-0.25, -0.2) is 0 Å². The Kier molecular flexibility index (Phi) is 5.76. The van der Waals surface area contributed by atoms with E-state index in [1.54, 1.807) is 0 Å². The topological polar surface area (TPSA) is 15.3 Å². The van der Waals surface area contributed by atoms with Gasteiger partial charge in [-0.2, -0.15) is 0 Å². The molecule has 2 nitrogen and oxygen atoms in total. The molecular weight excluding hydrogens is 208 g/mol. The normalized spacial score (nSPS) is 12.7. The molecule has 0 amide bonds. The number of nitrogens with one attached hydrogen (secondary N) is 1. The van der Waals surface area contributed by atoms with Crippen molar-refractivity contribution in [3.05, 3.63) is 35.9 Å². The van der Waals surface area contributed by atoms with Crippen molar-refractivity contribution in [3.8, 4) is 12.3 Å². The summed E-state index contributed by atoms with van der Waals surface area (Å²) in [6, 6.07) is 11.3. The zero-order valence-electron chi connectivity index (χ0n) is 11.0. The fourth-order valence-electron chi connectivity index (χ4n) is 1.80. The van der Waals surface area contributed by atoms with Gasteiger partial charge in [-0.3, -0.25) is 4.90 Å². The van der Waals surface area contributed by atoms with Gasteiger partial charge in [0.1, 0.15) is 0 Å². The zero-order chi connectivity index (χ0) is 12.7. The monoisotopic (exact) mass is 230 g/mol. The molecule has 1 aromatic carbocycles. The van der Waals surface area contributed by atoms with Crippen LogP contribution < -0.4 is 5.32 Å².